The van der Waals surface area contributed by atoms with Crippen molar-refractivity contribution >= 4 is 5.57 Å². The van der Waals surface area contributed by atoms with Crippen molar-refractivity contribution in [3.8, 4) is 11.8 Å². The number of unbranched alkanes of at least 4 members (excludes halogenated alkanes) is 2. The smallest absolute Gasteiger partial charge is 0.396 e. The predicted octanol–water partition coefficient (Wildman–Crippen LogP) is 4.19. The second kappa shape index (κ2) is 7.76. The molecule has 0 spiro atoms. The monoisotopic (exact) mass is 282 g/mol. The van der Waals surface area contributed by atoms with Gasteiger partial charge in [0.05, 0.1) is 0 Å². The molecule has 1 N–H and O–H groups in total. The zero-order valence-electron chi connectivity index (χ0n) is 11.3. The molecule has 1 aromatic rings. The summed E-state index contributed by atoms with van der Waals surface area (Å²) in [6.07, 6.45) is -2.62. The Morgan fingerprint density at radius 3 is 2.35 bits per heavy atom. The van der Waals surface area contributed by atoms with Crippen LogP contribution in [0.25, 0.3) is 5.57 Å². The Kier molecular flexibility index (Phi) is 6.33. The Bertz CT molecular complexity index is 504. The van der Waals surface area contributed by atoms with Crippen molar-refractivity contribution in [1.29, 1.82) is 0 Å². The maximum Gasteiger partial charge on any atom is 0.413 e. The van der Waals surface area contributed by atoms with Crippen LogP contribution >= 0.6 is 0 Å². The number of hydrogen-bond acceptors (Lipinski definition) is 1. The largest absolute Gasteiger partial charge is 0.413 e. The van der Waals surface area contributed by atoms with Gasteiger partial charge in [0.15, 0.2) is 0 Å². The van der Waals surface area contributed by atoms with E-state index in [2.05, 4.69) is 11.8 Å². The maximum atomic E-state index is 12.9. The van der Waals surface area contributed by atoms with Gasteiger partial charge >= 0.3 is 6.18 Å². The maximum absolute atomic E-state index is 12.9. The number of halogens is 3. The van der Waals surface area contributed by atoms with E-state index in [9.17, 15) is 13.2 Å². The minimum absolute atomic E-state index is 0.0158. The molecule has 1 nitrogen and oxygen atoms in total. The van der Waals surface area contributed by atoms with Crippen molar-refractivity contribution in [1.82, 2.24) is 0 Å². The van der Waals surface area contributed by atoms with E-state index >= 15 is 0 Å². The fourth-order valence-electron chi connectivity index (χ4n) is 1.61. The van der Waals surface area contributed by atoms with Gasteiger partial charge in [0.25, 0.3) is 0 Å². The van der Waals surface area contributed by atoms with Crippen LogP contribution in [0.15, 0.2) is 35.9 Å². The van der Waals surface area contributed by atoms with Crippen molar-refractivity contribution < 1.29 is 18.3 Å². The van der Waals surface area contributed by atoms with Gasteiger partial charge in [0.2, 0.25) is 0 Å². The minimum Gasteiger partial charge on any atom is -0.396 e. The minimum atomic E-state index is -4.38. The highest BCUT2D eigenvalue weighted by atomic mass is 19.4. The molecule has 0 saturated heterocycles. The second-order valence-electron chi connectivity index (χ2n) is 4.35. The van der Waals surface area contributed by atoms with Gasteiger partial charge in [0, 0.05) is 24.2 Å². The van der Waals surface area contributed by atoms with Gasteiger partial charge in [-0.3, -0.25) is 0 Å². The number of rotatable bonds is 4. The van der Waals surface area contributed by atoms with E-state index < -0.39 is 11.7 Å². The molecule has 0 amide bonds. The van der Waals surface area contributed by atoms with E-state index in [1.54, 1.807) is 30.3 Å². The van der Waals surface area contributed by atoms with E-state index in [4.69, 9.17) is 5.11 Å². The lowest BCUT2D eigenvalue weighted by atomic mass is 10.0. The van der Waals surface area contributed by atoms with Gasteiger partial charge in [-0.15, -0.1) is 0 Å². The summed E-state index contributed by atoms with van der Waals surface area (Å²) in [7, 11) is 0. The molecule has 0 radical (unpaired) electrons. The molecule has 0 aliphatic carbocycles. The van der Waals surface area contributed by atoms with Crippen LogP contribution in [-0.2, 0) is 0 Å². The van der Waals surface area contributed by atoms with Gasteiger partial charge < -0.3 is 5.11 Å². The van der Waals surface area contributed by atoms with E-state index in [1.165, 1.54) is 0 Å². The van der Waals surface area contributed by atoms with Crippen molar-refractivity contribution in [2.75, 3.05) is 6.61 Å². The number of benzene rings is 1. The molecule has 4 heteroatoms. The van der Waals surface area contributed by atoms with Gasteiger partial charge in [-0.2, -0.15) is 13.2 Å². The Balaban J connectivity index is 3.04. The molecule has 0 fully saturated rings. The number of aliphatic hydroxyl groups is 1. The number of allylic oxidation sites excluding steroid dienone is 2. The summed E-state index contributed by atoms with van der Waals surface area (Å²) >= 11 is 0. The normalized spacial score (nSPS) is 12.4. The summed E-state index contributed by atoms with van der Waals surface area (Å²) in [5.41, 5.74) is -0.197. The van der Waals surface area contributed by atoms with Crippen LogP contribution in [-0.4, -0.2) is 17.9 Å². The van der Waals surface area contributed by atoms with Crippen LogP contribution in [0.1, 0.15) is 31.7 Å². The Hall–Kier alpha value is -1.73. The third kappa shape index (κ3) is 5.10. The molecule has 1 rings (SSSR count). The average molecular weight is 282 g/mol. The third-order valence-electron chi connectivity index (χ3n) is 2.79. The summed E-state index contributed by atoms with van der Waals surface area (Å²) < 4.78 is 38.6. The van der Waals surface area contributed by atoms with E-state index in [1.807, 2.05) is 0 Å². The first kappa shape index (κ1) is 16.3. The van der Waals surface area contributed by atoms with Gasteiger partial charge in [-0.05, 0) is 25.3 Å². The quantitative estimate of drug-likeness (QED) is 0.648. The molecule has 0 bridgehead atoms. The molecule has 108 valence electrons. The van der Waals surface area contributed by atoms with Crippen molar-refractivity contribution in [2.24, 2.45) is 0 Å². The molecule has 0 aliphatic heterocycles. The standard InChI is InChI=1S/C16H17F3O/c1-13(16(17,18)19)15(11-7-2-3-8-12-20)14-9-5-4-6-10-14/h4-6,9-10,20H,2-3,8,12H2,1H3/b15-13+. The first-order valence-corrected chi connectivity index (χ1v) is 6.40. The molecular formula is C16H17F3O. The average Bonchev–Trinajstić information content (AvgIpc) is 2.42. The Labute approximate surface area is 117 Å². The highest BCUT2D eigenvalue weighted by Gasteiger charge is 2.32. The number of hydrogen-bond donors (Lipinski definition) is 1. The lowest BCUT2D eigenvalue weighted by Crippen LogP contribution is -2.11. The SMILES string of the molecule is C/C(=C(/C#CCCCCO)c1ccccc1)C(F)(F)F. The number of aliphatic hydroxyl groups excluding tert-OH is 1. The summed E-state index contributed by atoms with van der Waals surface area (Å²) in [5, 5.41) is 8.64. The molecule has 0 aromatic heterocycles. The molecule has 0 heterocycles. The highest BCUT2D eigenvalue weighted by Crippen LogP contribution is 2.31. The Morgan fingerprint density at radius 2 is 1.80 bits per heavy atom. The van der Waals surface area contributed by atoms with Crippen LogP contribution in [0.4, 0.5) is 13.2 Å². The summed E-state index contributed by atoms with van der Waals surface area (Å²) in [6.45, 7) is 1.12. The first-order chi connectivity index (χ1) is 9.46. The van der Waals surface area contributed by atoms with Gasteiger partial charge in [-0.1, -0.05) is 42.2 Å². The lowest BCUT2D eigenvalue weighted by molar-refractivity contribution is -0.0906. The Morgan fingerprint density at radius 1 is 1.15 bits per heavy atom. The summed E-state index contributed by atoms with van der Waals surface area (Å²) in [5.74, 6) is 5.38. The molecular weight excluding hydrogens is 265 g/mol. The molecule has 1 aromatic carbocycles. The fourth-order valence-corrected chi connectivity index (χ4v) is 1.61. The predicted molar refractivity (Wildman–Crippen MR) is 73.8 cm³/mol. The zero-order valence-corrected chi connectivity index (χ0v) is 11.3. The first-order valence-electron chi connectivity index (χ1n) is 6.40. The highest BCUT2D eigenvalue weighted by molar-refractivity contribution is 5.81. The molecule has 0 unspecified atom stereocenters. The topological polar surface area (TPSA) is 20.2 Å². The van der Waals surface area contributed by atoms with Crippen molar-refractivity contribution in [3.63, 3.8) is 0 Å². The molecule has 0 atom stereocenters. The zero-order chi connectivity index (χ0) is 15.0. The molecule has 20 heavy (non-hydrogen) atoms. The number of alkyl halides is 3. The lowest BCUT2D eigenvalue weighted by Gasteiger charge is -2.10. The van der Waals surface area contributed by atoms with Gasteiger partial charge in [-0.25, -0.2) is 0 Å². The van der Waals surface area contributed by atoms with Crippen LogP contribution < -0.4 is 0 Å². The van der Waals surface area contributed by atoms with Crippen LogP contribution in [0.3, 0.4) is 0 Å². The summed E-state index contributed by atoms with van der Waals surface area (Å²) in [6, 6.07) is 8.36. The van der Waals surface area contributed by atoms with Gasteiger partial charge in [0.1, 0.15) is 0 Å². The van der Waals surface area contributed by atoms with E-state index in [0.717, 1.165) is 6.92 Å². The summed E-state index contributed by atoms with van der Waals surface area (Å²) in [4.78, 5) is 0. The van der Waals surface area contributed by atoms with Crippen LogP contribution in [0.5, 0.6) is 0 Å². The van der Waals surface area contributed by atoms with Crippen LogP contribution in [0.2, 0.25) is 0 Å². The van der Waals surface area contributed by atoms with Crippen molar-refractivity contribution in [2.45, 2.75) is 32.4 Å². The second-order valence-corrected chi connectivity index (χ2v) is 4.35. The molecule has 0 saturated carbocycles. The van der Waals surface area contributed by atoms with Crippen molar-refractivity contribution in [3.05, 3.63) is 41.5 Å². The third-order valence-corrected chi connectivity index (χ3v) is 2.79. The molecule has 0 aliphatic rings. The van der Waals surface area contributed by atoms with E-state index in [0.29, 0.717) is 24.8 Å². The fraction of sp³-hybridized carbons (Fsp3) is 0.375. The van der Waals surface area contributed by atoms with Crippen LogP contribution in [0, 0.1) is 11.8 Å². The van der Waals surface area contributed by atoms with E-state index in [-0.39, 0.29) is 12.2 Å².